The van der Waals surface area contributed by atoms with Crippen LogP contribution in [0.2, 0.25) is 0 Å². The molecule has 0 spiro atoms. The smallest absolute Gasteiger partial charge is 0.273 e. The lowest BCUT2D eigenvalue weighted by atomic mass is 10.1. The Morgan fingerprint density at radius 1 is 1.00 bits per heavy atom. The van der Waals surface area contributed by atoms with Gasteiger partial charge in [-0.1, -0.05) is 18.2 Å². The number of carbonyl (C=O) groups excluding carboxylic acids is 1. The number of nitrogens with one attached hydrogen (secondary N) is 1. The molecule has 1 amide bonds. The van der Waals surface area contributed by atoms with Crippen LogP contribution in [0.4, 0.5) is 17.2 Å². The van der Waals surface area contributed by atoms with Crippen molar-refractivity contribution in [3.05, 3.63) is 75.8 Å². The first kappa shape index (κ1) is 21.4. The molecule has 3 aromatic rings. The predicted molar refractivity (Wildman–Crippen MR) is 123 cm³/mol. The first-order valence-electron chi connectivity index (χ1n) is 10.4. The summed E-state index contributed by atoms with van der Waals surface area (Å²) in [6, 6.07) is 15.7. The van der Waals surface area contributed by atoms with Gasteiger partial charge in [-0.25, -0.2) is 0 Å². The van der Waals surface area contributed by atoms with E-state index in [0.29, 0.717) is 11.3 Å². The number of amides is 1. The van der Waals surface area contributed by atoms with Gasteiger partial charge in [0.05, 0.1) is 10.6 Å². The van der Waals surface area contributed by atoms with E-state index in [1.165, 1.54) is 12.1 Å². The fourth-order valence-corrected chi connectivity index (χ4v) is 3.67. The van der Waals surface area contributed by atoms with Crippen molar-refractivity contribution in [1.29, 1.82) is 0 Å². The van der Waals surface area contributed by atoms with E-state index in [9.17, 15) is 14.9 Å². The van der Waals surface area contributed by atoms with Gasteiger partial charge in [0.2, 0.25) is 0 Å². The predicted octanol–water partition coefficient (Wildman–Crippen LogP) is 3.36. The highest BCUT2D eigenvalue weighted by atomic mass is 16.6. The molecule has 0 atom stereocenters. The van der Waals surface area contributed by atoms with E-state index in [1.54, 1.807) is 25.1 Å². The third kappa shape index (κ3) is 4.57. The number of hydrogen-bond acceptors (Lipinski definition) is 7. The number of rotatable bonds is 5. The van der Waals surface area contributed by atoms with Crippen molar-refractivity contribution in [3.8, 4) is 11.3 Å². The van der Waals surface area contributed by atoms with Crippen molar-refractivity contribution < 1.29 is 9.72 Å². The number of benzene rings is 2. The maximum Gasteiger partial charge on any atom is 0.273 e. The summed E-state index contributed by atoms with van der Waals surface area (Å²) in [5.74, 6) is 0.480. The molecule has 0 bridgehead atoms. The molecular formula is C23H24N6O3. The van der Waals surface area contributed by atoms with E-state index in [4.69, 9.17) is 0 Å². The monoisotopic (exact) mass is 432 g/mol. The molecule has 1 aromatic heterocycles. The molecule has 4 rings (SSSR count). The molecular weight excluding hydrogens is 408 g/mol. The van der Waals surface area contributed by atoms with Crippen LogP contribution in [0.15, 0.2) is 54.6 Å². The molecule has 0 saturated carbocycles. The van der Waals surface area contributed by atoms with Gasteiger partial charge in [0, 0.05) is 54.6 Å². The average molecular weight is 432 g/mol. The molecule has 32 heavy (non-hydrogen) atoms. The standard InChI is InChI=1S/C23H24N6O3/c1-16-19(4-3-5-21(16)29(31)32)23(30)24-18-8-6-17(7-9-18)20-10-11-22(26-25-20)28-14-12-27(2)13-15-28/h3-11H,12-15H2,1-2H3,(H,24,30). The van der Waals surface area contributed by atoms with E-state index in [0.717, 1.165) is 43.3 Å². The highest BCUT2D eigenvalue weighted by molar-refractivity contribution is 6.05. The fraction of sp³-hybridized carbons (Fsp3) is 0.261. The Morgan fingerprint density at radius 2 is 1.72 bits per heavy atom. The number of nitro groups is 1. The Kier molecular flexibility index (Phi) is 6.09. The Hall–Kier alpha value is -3.85. The van der Waals surface area contributed by atoms with Crippen molar-refractivity contribution in [2.45, 2.75) is 6.92 Å². The van der Waals surface area contributed by atoms with Crippen LogP contribution in [0.5, 0.6) is 0 Å². The lowest BCUT2D eigenvalue weighted by Crippen LogP contribution is -2.44. The summed E-state index contributed by atoms with van der Waals surface area (Å²) in [5.41, 5.74) is 2.75. The number of hydrogen-bond donors (Lipinski definition) is 1. The van der Waals surface area contributed by atoms with Gasteiger partial charge >= 0.3 is 0 Å². The number of likely N-dealkylation sites (N-methyl/N-ethyl adjacent to an activating group) is 1. The van der Waals surface area contributed by atoms with Crippen molar-refractivity contribution in [2.75, 3.05) is 43.4 Å². The normalized spacial score (nSPS) is 14.2. The summed E-state index contributed by atoms with van der Waals surface area (Å²) in [5, 5.41) is 22.6. The van der Waals surface area contributed by atoms with Gasteiger partial charge < -0.3 is 15.1 Å². The molecule has 0 unspecified atom stereocenters. The van der Waals surface area contributed by atoms with Gasteiger partial charge in [-0.05, 0) is 44.3 Å². The third-order valence-electron chi connectivity index (χ3n) is 5.66. The molecule has 0 aliphatic carbocycles. The molecule has 1 fully saturated rings. The zero-order valence-electron chi connectivity index (χ0n) is 18.0. The number of nitrogens with zero attached hydrogens (tertiary/aromatic N) is 5. The van der Waals surface area contributed by atoms with Crippen molar-refractivity contribution in [3.63, 3.8) is 0 Å². The third-order valence-corrected chi connectivity index (χ3v) is 5.66. The lowest BCUT2D eigenvalue weighted by Gasteiger charge is -2.32. The molecule has 1 saturated heterocycles. The van der Waals surface area contributed by atoms with Crippen molar-refractivity contribution in [2.24, 2.45) is 0 Å². The summed E-state index contributed by atoms with van der Waals surface area (Å²) in [4.78, 5) is 27.7. The second kappa shape index (κ2) is 9.11. The van der Waals surface area contributed by atoms with Gasteiger partial charge in [-0.15, -0.1) is 10.2 Å². The van der Waals surface area contributed by atoms with Crippen LogP contribution in [-0.2, 0) is 0 Å². The zero-order valence-corrected chi connectivity index (χ0v) is 18.0. The van der Waals surface area contributed by atoms with Gasteiger partial charge in [-0.2, -0.15) is 0 Å². The quantitative estimate of drug-likeness (QED) is 0.487. The minimum absolute atomic E-state index is 0.0772. The maximum atomic E-state index is 12.6. The Balaban J connectivity index is 1.44. The fourth-order valence-electron chi connectivity index (χ4n) is 3.67. The molecule has 9 nitrogen and oxygen atoms in total. The molecule has 9 heteroatoms. The minimum Gasteiger partial charge on any atom is -0.353 e. The van der Waals surface area contributed by atoms with E-state index in [2.05, 4.69) is 32.4 Å². The Morgan fingerprint density at radius 3 is 2.34 bits per heavy atom. The summed E-state index contributed by atoms with van der Waals surface area (Å²) < 4.78 is 0. The first-order chi connectivity index (χ1) is 15.4. The number of aromatic nitrogens is 2. The van der Waals surface area contributed by atoms with E-state index in [1.807, 2.05) is 24.3 Å². The zero-order chi connectivity index (χ0) is 22.7. The second-order valence-electron chi connectivity index (χ2n) is 7.81. The van der Waals surface area contributed by atoms with Crippen LogP contribution in [0.1, 0.15) is 15.9 Å². The summed E-state index contributed by atoms with van der Waals surface area (Å²) in [6.07, 6.45) is 0. The van der Waals surface area contributed by atoms with E-state index in [-0.39, 0.29) is 11.3 Å². The van der Waals surface area contributed by atoms with Crippen molar-refractivity contribution >= 4 is 23.1 Å². The molecule has 0 radical (unpaired) electrons. The first-order valence-corrected chi connectivity index (χ1v) is 10.4. The highest BCUT2D eigenvalue weighted by Crippen LogP contribution is 2.24. The SMILES string of the molecule is Cc1c(C(=O)Nc2ccc(-c3ccc(N4CCN(C)CC4)nn3)cc2)cccc1[N+](=O)[O-]. The summed E-state index contributed by atoms with van der Waals surface area (Å²) in [7, 11) is 2.11. The molecule has 1 aliphatic heterocycles. The van der Waals surface area contributed by atoms with Crippen LogP contribution >= 0.6 is 0 Å². The second-order valence-corrected chi connectivity index (χ2v) is 7.81. The summed E-state index contributed by atoms with van der Waals surface area (Å²) >= 11 is 0. The van der Waals surface area contributed by atoms with E-state index >= 15 is 0 Å². The number of anilines is 2. The Labute approximate surface area is 185 Å². The van der Waals surface area contributed by atoms with Gasteiger partial charge in [0.1, 0.15) is 0 Å². The minimum atomic E-state index is -0.489. The molecule has 1 N–H and O–H groups in total. The topological polar surface area (TPSA) is 104 Å². The van der Waals surface area contributed by atoms with Gasteiger partial charge in [-0.3, -0.25) is 14.9 Å². The van der Waals surface area contributed by atoms with Crippen LogP contribution in [0.25, 0.3) is 11.3 Å². The number of carbonyl (C=O) groups is 1. The summed E-state index contributed by atoms with van der Waals surface area (Å²) in [6.45, 7) is 5.45. The maximum absolute atomic E-state index is 12.6. The van der Waals surface area contributed by atoms with Crippen molar-refractivity contribution in [1.82, 2.24) is 15.1 Å². The van der Waals surface area contributed by atoms with Gasteiger partial charge in [0.25, 0.3) is 11.6 Å². The highest BCUT2D eigenvalue weighted by Gasteiger charge is 2.18. The van der Waals surface area contributed by atoms with Crippen LogP contribution in [0, 0.1) is 17.0 Å². The van der Waals surface area contributed by atoms with E-state index < -0.39 is 10.8 Å². The van der Waals surface area contributed by atoms with Gasteiger partial charge in [0.15, 0.2) is 5.82 Å². The van der Waals surface area contributed by atoms with Crippen LogP contribution in [-0.4, -0.2) is 59.2 Å². The lowest BCUT2D eigenvalue weighted by molar-refractivity contribution is -0.385. The largest absolute Gasteiger partial charge is 0.353 e. The molecule has 2 heterocycles. The Bertz CT molecular complexity index is 1120. The molecule has 1 aliphatic rings. The molecule has 164 valence electrons. The average Bonchev–Trinajstić information content (AvgIpc) is 2.80. The number of piperazine rings is 1. The van der Waals surface area contributed by atoms with Crippen LogP contribution < -0.4 is 10.2 Å². The van der Waals surface area contributed by atoms with Crippen LogP contribution in [0.3, 0.4) is 0 Å². The molecule has 2 aromatic carbocycles. The number of nitro benzene ring substituents is 1.